The van der Waals surface area contributed by atoms with Crippen molar-refractivity contribution in [3.63, 3.8) is 0 Å². The molecule has 1 aliphatic carbocycles. The van der Waals surface area contributed by atoms with Crippen molar-refractivity contribution in [1.29, 1.82) is 0 Å². The third kappa shape index (κ3) is 3.83. The van der Waals surface area contributed by atoms with Crippen LogP contribution < -0.4 is 11.1 Å². The number of pyridine rings is 1. The number of nitrogens with one attached hydrogen (secondary N) is 1. The molecule has 1 aliphatic rings. The fraction of sp³-hybridized carbons (Fsp3) is 0.571. The minimum absolute atomic E-state index is 0. The number of halogens is 1. The Hall–Kier alpha value is -1.29. The van der Waals surface area contributed by atoms with Crippen LogP contribution in [0, 0.1) is 11.8 Å². The molecule has 3 unspecified atom stereocenters. The molecule has 0 radical (unpaired) electrons. The van der Waals surface area contributed by atoms with Crippen LogP contribution in [0.5, 0.6) is 0 Å². The zero-order valence-corrected chi connectivity index (χ0v) is 12.2. The zero-order valence-electron chi connectivity index (χ0n) is 11.4. The van der Waals surface area contributed by atoms with Crippen molar-refractivity contribution in [2.75, 3.05) is 5.73 Å². The highest BCUT2D eigenvalue weighted by atomic mass is 35.5. The maximum Gasteiger partial charge on any atom is 0.270 e. The Morgan fingerprint density at radius 2 is 2.11 bits per heavy atom. The number of carbonyl (C=O) groups is 1. The first-order chi connectivity index (χ1) is 8.58. The molecule has 3 N–H and O–H groups in total. The monoisotopic (exact) mass is 283 g/mol. The largest absolute Gasteiger partial charge is 0.384 e. The summed E-state index contributed by atoms with van der Waals surface area (Å²) in [4.78, 5) is 16.1. The van der Waals surface area contributed by atoms with Crippen molar-refractivity contribution in [1.82, 2.24) is 10.3 Å². The lowest BCUT2D eigenvalue weighted by Crippen LogP contribution is -2.43. The van der Waals surface area contributed by atoms with E-state index in [1.165, 1.54) is 12.8 Å². The first-order valence-corrected chi connectivity index (χ1v) is 6.61. The van der Waals surface area contributed by atoms with Crippen molar-refractivity contribution in [2.45, 2.75) is 39.2 Å². The molecule has 5 heteroatoms. The van der Waals surface area contributed by atoms with E-state index in [1.54, 1.807) is 18.2 Å². The van der Waals surface area contributed by atoms with Crippen molar-refractivity contribution < 1.29 is 4.79 Å². The van der Waals surface area contributed by atoms with Crippen molar-refractivity contribution >= 4 is 24.1 Å². The Bertz CT molecular complexity index is 438. The number of hydrogen-bond donors (Lipinski definition) is 2. The number of carbonyl (C=O) groups excluding carboxylic acids is 1. The van der Waals surface area contributed by atoms with E-state index in [0.717, 1.165) is 6.42 Å². The Morgan fingerprint density at radius 1 is 1.37 bits per heavy atom. The van der Waals surface area contributed by atoms with Gasteiger partial charge in [0.2, 0.25) is 0 Å². The predicted octanol–water partition coefficient (Wildman–Crippen LogP) is 2.64. The Morgan fingerprint density at radius 3 is 2.79 bits per heavy atom. The molecule has 1 heterocycles. The van der Waals surface area contributed by atoms with Crippen molar-refractivity contribution in [2.24, 2.45) is 11.8 Å². The van der Waals surface area contributed by atoms with Gasteiger partial charge in [-0.3, -0.25) is 4.79 Å². The number of aromatic nitrogens is 1. The third-order valence-corrected chi connectivity index (χ3v) is 4.03. The van der Waals surface area contributed by atoms with Crippen LogP contribution in [0.25, 0.3) is 0 Å². The van der Waals surface area contributed by atoms with E-state index in [-0.39, 0.29) is 24.4 Å². The molecular formula is C14H22ClN3O. The molecular weight excluding hydrogens is 262 g/mol. The molecule has 1 fully saturated rings. The van der Waals surface area contributed by atoms with Gasteiger partial charge in [0.15, 0.2) is 0 Å². The van der Waals surface area contributed by atoms with Gasteiger partial charge in [-0.25, -0.2) is 4.98 Å². The first kappa shape index (κ1) is 15.8. The SMILES string of the molecule is CC1CCCC(NC(=O)c2cccc(N)n2)C1C.Cl. The number of nitrogens with zero attached hydrogens (tertiary/aromatic N) is 1. The molecule has 4 nitrogen and oxygen atoms in total. The maximum absolute atomic E-state index is 12.1. The number of amides is 1. The third-order valence-electron chi connectivity index (χ3n) is 4.03. The fourth-order valence-electron chi connectivity index (χ4n) is 2.61. The number of nitrogen functional groups attached to an aromatic ring is 1. The van der Waals surface area contributed by atoms with E-state index in [4.69, 9.17) is 5.73 Å². The van der Waals surface area contributed by atoms with E-state index in [0.29, 0.717) is 23.3 Å². The maximum atomic E-state index is 12.1. The summed E-state index contributed by atoms with van der Waals surface area (Å²) < 4.78 is 0. The van der Waals surface area contributed by atoms with Gasteiger partial charge in [0.25, 0.3) is 5.91 Å². The Labute approximate surface area is 120 Å². The number of anilines is 1. The first-order valence-electron chi connectivity index (χ1n) is 6.61. The number of hydrogen-bond acceptors (Lipinski definition) is 3. The average Bonchev–Trinajstić information content (AvgIpc) is 2.35. The normalized spacial score (nSPS) is 26.3. The second kappa shape index (κ2) is 6.75. The molecule has 1 aromatic heterocycles. The predicted molar refractivity (Wildman–Crippen MR) is 79.3 cm³/mol. The van der Waals surface area contributed by atoms with Gasteiger partial charge in [-0.2, -0.15) is 0 Å². The molecule has 1 aromatic rings. The molecule has 1 saturated carbocycles. The Balaban J connectivity index is 0.00000180. The highest BCUT2D eigenvalue weighted by Gasteiger charge is 2.28. The molecule has 106 valence electrons. The van der Waals surface area contributed by atoms with E-state index >= 15 is 0 Å². The van der Waals surface area contributed by atoms with Gasteiger partial charge < -0.3 is 11.1 Å². The standard InChI is InChI=1S/C14H21N3O.ClH/c1-9-5-3-6-11(10(9)2)17-14(18)12-7-4-8-13(15)16-12;/h4,7-11H,3,5-6H2,1-2H3,(H2,15,16)(H,17,18);1H. The zero-order chi connectivity index (χ0) is 13.1. The average molecular weight is 284 g/mol. The van der Waals surface area contributed by atoms with Crippen molar-refractivity contribution in [3.05, 3.63) is 23.9 Å². The van der Waals surface area contributed by atoms with E-state index in [9.17, 15) is 4.79 Å². The quantitative estimate of drug-likeness (QED) is 0.877. The summed E-state index contributed by atoms with van der Waals surface area (Å²) in [5.74, 6) is 1.45. The molecule has 1 amide bonds. The number of nitrogens with two attached hydrogens (primary N) is 1. The fourth-order valence-corrected chi connectivity index (χ4v) is 2.61. The van der Waals surface area contributed by atoms with Crippen molar-refractivity contribution in [3.8, 4) is 0 Å². The smallest absolute Gasteiger partial charge is 0.270 e. The summed E-state index contributed by atoms with van der Waals surface area (Å²) in [5.41, 5.74) is 5.99. The molecule has 0 spiro atoms. The molecule has 3 atom stereocenters. The highest BCUT2D eigenvalue weighted by Crippen LogP contribution is 2.29. The van der Waals surface area contributed by atoms with Crippen LogP contribution >= 0.6 is 12.4 Å². The lowest BCUT2D eigenvalue weighted by Gasteiger charge is -2.34. The molecule has 0 bridgehead atoms. The van der Waals surface area contributed by atoms with Crippen LogP contribution in [0.2, 0.25) is 0 Å². The summed E-state index contributed by atoms with van der Waals surface area (Å²) in [7, 11) is 0. The second-order valence-electron chi connectivity index (χ2n) is 5.29. The van der Waals surface area contributed by atoms with Crippen LogP contribution in [0.1, 0.15) is 43.6 Å². The molecule has 2 rings (SSSR count). The van der Waals surface area contributed by atoms with Gasteiger partial charge in [0.1, 0.15) is 11.5 Å². The number of rotatable bonds is 2. The summed E-state index contributed by atoms with van der Waals surface area (Å²) in [6.07, 6.45) is 3.49. The molecule has 0 aliphatic heterocycles. The topological polar surface area (TPSA) is 68.0 Å². The molecule has 0 aromatic carbocycles. The van der Waals surface area contributed by atoms with Crippen LogP contribution in [0.4, 0.5) is 5.82 Å². The van der Waals surface area contributed by atoms with Crippen LogP contribution in [0.15, 0.2) is 18.2 Å². The molecule has 19 heavy (non-hydrogen) atoms. The summed E-state index contributed by atoms with van der Waals surface area (Å²) in [6, 6.07) is 5.39. The lowest BCUT2D eigenvalue weighted by molar-refractivity contribution is 0.0886. The highest BCUT2D eigenvalue weighted by molar-refractivity contribution is 5.92. The van der Waals surface area contributed by atoms with Crippen LogP contribution in [-0.4, -0.2) is 16.9 Å². The van der Waals surface area contributed by atoms with Crippen LogP contribution in [0.3, 0.4) is 0 Å². The van der Waals surface area contributed by atoms with Gasteiger partial charge in [0.05, 0.1) is 0 Å². The van der Waals surface area contributed by atoms with E-state index < -0.39 is 0 Å². The summed E-state index contributed by atoms with van der Waals surface area (Å²) in [5, 5.41) is 3.09. The summed E-state index contributed by atoms with van der Waals surface area (Å²) >= 11 is 0. The van der Waals surface area contributed by atoms with E-state index in [2.05, 4.69) is 24.1 Å². The lowest BCUT2D eigenvalue weighted by atomic mass is 9.78. The second-order valence-corrected chi connectivity index (χ2v) is 5.29. The Kier molecular flexibility index (Phi) is 5.60. The minimum atomic E-state index is -0.117. The van der Waals surface area contributed by atoms with Gasteiger partial charge in [0, 0.05) is 6.04 Å². The van der Waals surface area contributed by atoms with Gasteiger partial charge in [-0.1, -0.05) is 32.8 Å². The summed E-state index contributed by atoms with van der Waals surface area (Å²) in [6.45, 7) is 4.46. The minimum Gasteiger partial charge on any atom is -0.384 e. The van der Waals surface area contributed by atoms with Crippen LogP contribution in [-0.2, 0) is 0 Å². The van der Waals surface area contributed by atoms with Gasteiger partial charge >= 0.3 is 0 Å². The van der Waals surface area contributed by atoms with E-state index in [1.807, 2.05) is 0 Å². The van der Waals surface area contributed by atoms with Gasteiger partial charge in [-0.05, 0) is 30.4 Å². The van der Waals surface area contributed by atoms with Gasteiger partial charge in [-0.15, -0.1) is 12.4 Å². The molecule has 0 saturated heterocycles.